The van der Waals surface area contributed by atoms with Crippen LogP contribution in [0.4, 0.5) is 5.69 Å². The molecule has 1 heterocycles. The smallest absolute Gasteiger partial charge is 0.355 e. The van der Waals surface area contributed by atoms with Crippen molar-refractivity contribution < 1.29 is 23.9 Å². The number of carbonyl (C=O) groups excluding carboxylic acids is 3. The summed E-state index contributed by atoms with van der Waals surface area (Å²) in [5, 5.41) is 7.95. The Balaban J connectivity index is 1.21. The Labute approximate surface area is 270 Å². The summed E-state index contributed by atoms with van der Waals surface area (Å²) in [6, 6.07) is 24.2. The predicted octanol–water partition coefficient (Wildman–Crippen LogP) is 8.26. The molecule has 0 radical (unpaired) electrons. The molecule has 44 heavy (non-hydrogen) atoms. The van der Waals surface area contributed by atoms with Crippen LogP contribution in [-0.2, 0) is 0 Å². The zero-order valence-corrected chi connectivity index (χ0v) is 26.7. The van der Waals surface area contributed by atoms with Crippen molar-refractivity contribution in [1.29, 1.82) is 0 Å². The molecule has 11 heteroatoms. The molecule has 0 bridgehead atoms. The van der Waals surface area contributed by atoms with E-state index in [9.17, 15) is 14.4 Å². The lowest BCUT2D eigenvalue weighted by Crippen LogP contribution is -2.18. The number of rotatable bonds is 9. The van der Waals surface area contributed by atoms with Gasteiger partial charge in [-0.15, -0.1) is 11.3 Å². The number of aryl methyl sites for hydroxylation is 1. The minimum Gasteiger partial charge on any atom is -0.490 e. The van der Waals surface area contributed by atoms with Crippen molar-refractivity contribution in [3.05, 3.63) is 122 Å². The van der Waals surface area contributed by atoms with Crippen LogP contribution in [0.15, 0.2) is 94.5 Å². The van der Waals surface area contributed by atoms with Crippen LogP contribution < -0.4 is 20.2 Å². The van der Waals surface area contributed by atoms with E-state index in [1.807, 2.05) is 44.2 Å². The van der Waals surface area contributed by atoms with Gasteiger partial charge in [0, 0.05) is 31.4 Å². The highest BCUT2D eigenvalue weighted by atomic mass is 79.9. The first kappa shape index (κ1) is 30.9. The first-order valence-electron chi connectivity index (χ1n) is 13.4. The van der Waals surface area contributed by atoms with Gasteiger partial charge in [-0.3, -0.25) is 9.59 Å². The minimum absolute atomic E-state index is 0.224. The number of nitrogens with one attached hydrogen (secondary N) is 2. The number of hydrazone groups is 1. The van der Waals surface area contributed by atoms with Gasteiger partial charge in [-0.25, -0.2) is 10.2 Å². The fraction of sp³-hybridized carbons (Fsp3) is 0.0909. The topological polar surface area (TPSA) is 106 Å². The van der Waals surface area contributed by atoms with E-state index in [0.717, 1.165) is 20.1 Å². The van der Waals surface area contributed by atoms with Crippen LogP contribution in [0.25, 0.3) is 10.1 Å². The molecule has 0 unspecified atom stereocenters. The maximum absolute atomic E-state index is 13.0. The van der Waals surface area contributed by atoms with Crippen LogP contribution in [0.3, 0.4) is 0 Å². The van der Waals surface area contributed by atoms with E-state index in [-0.39, 0.29) is 16.5 Å². The molecule has 4 aromatic carbocycles. The van der Waals surface area contributed by atoms with E-state index in [4.69, 9.17) is 21.1 Å². The van der Waals surface area contributed by atoms with E-state index >= 15 is 0 Å². The minimum atomic E-state index is -0.595. The molecule has 2 amide bonds. The number of amides is 2. The number of hydrogen-bond acceptors (Lipinski definition) is 7. The number of nitrogens with zero attached hydrogens (tertiary/aromatic N) is 1. The molecule has 5 aromatic rings. The SMILES string of the molecule is CCOc1cc(/C=N\NC(=O)c2ccc(NC(=O)c3ccc(C)cc3)cc2)ccc1OC(=O)c1sc2cc(Br)ccc2c1Cl. The van der Waals surface area contributed by atoms with Crippen LogP contribution in [0.1, 0.15) is 48.4 Å². The normalized spacial score (nSPS) is 11.0. The zero-order chi connectivity index (χ0) is 31.2. The zero-order valence-electron chi connectivity index (χ0n) is 23.5. The molecule has 0 aliphatic carbocycles. The Morgan fingerprint density at radius 2 is 1.61 bits per heavy atom. The van der Waals surface area contributed by atoms with Gasteiger partial charge in [0.05, 0.1) is 17.8 Å². The fourth-order valence-electron chi connectivity index (χ4n) is 4.12. The molecule has 222 valence electrons. The molecular formula is C33H25BrClN3O5S. The molecule has 0 fully saturated rings. The monoisotopic (exact) mass is 689 g/mol. The van der Waals surface area contributed by atoms with Crippen LogP contribution in [0.5, 0.6) is 11.5 Å². The number of hydrogen-bond donors (Lipinski definition) is 2. The van der Waals surface area contributed by atoms with Gasteiger partial charge in [0.2, 0.25) is 0 Å². The maximum Gasteiger partial charge on any atom is 0.355 e. The molecule has 8 nitrogen and oxygen atoms in total. The Kier molecular flexibility index (Phi) is 9.74. The van der Waals surface area contributed by atoms with Crippen molar-refractivity contribution in [2.75, 3.05) is 11.9 Å². The number of esters is 1. The van der Waals surface area contributed by atoms with Gasteiger partial charge >= 0.3 is 5.97 Å². The Morgan fingerprint density at radius 1 is 0.909 bits per heavy atom. The fourth-order valence-corrected chi connectivity index (χ4v) is 6.05. The van der Waals surface area contributed by atoms with Gasteiger partial charge in [-0.2, -0.15) is 5.10 Å². The number of fused-ring (bicyclic) bond motifs is 1. The third-order valence-electron chi connectivity index (χ3n) is 6.35. The Morgan fingerprint density at radius 3 is 2.34 bits per heavy atom. The average Bonchev–Trinajstić information content (AvgIpc) is 3.34. The van der Waals surface area contributed by atoms with Crippen LogP contribution in [-0.4, -0.2) is 30.6 Å². The molecule has 0 atom stereocenters. The standard InChI is InChI=1S/C33H25BrClN3O5S/c1-3-42-27-16-20(6-15-26(27)43-33(41)30-29(35)25-14-11-23(34)17-28(25)44-30)18-36-38-32(40)22-9-12-24(13-10-22)37-31(39)21-7-4-19(2)5-8-21/h4-18H,3H2,1-2H3,(H,37,39)(H,38,40)/b36-18-. The van der Waals surface area contributed by atoms with E-state index in [1.165, 1.54) is 17.6 Å². The third kappa shape index (κ3) is 7.34. The molecule has 0 saturated carbocycles. The summed E-state index contributed by atoms with van der Waals surface area (Å²) in [6.07, 6.45) is 1.45. The van der Waals surface area contributed by atoms with Crippen molar-refractivity contribution in [2.24, 2.45) is 5.10 Å². The van der Waals surface area contributed by atoms with Crippen LogP contribution in [0.2, 0.25) is 5.02 Å². The largest absolute Gasteiger partial charge is 0.490 e. The second-order valence-electron chi connectivity index (χ2n) is 9.51. The molecule has 5 rings (SSSR count). The number of benzene rings is 4. The number of thiophene rings is 1. The average molecular weight is 691 g/mol. The van der Waals surface area contributed by atoms with Gasteiger partial charge in [0.1, 0.15) is 4.88 Å². The highest BCUT2D eigenvalue weighted by Crippen LogP contribution is 2.38. The lowest BCUT2D eigenvalue weighted by Gasteiger charge is -2.11. The third-order valence-corrected chi connectivity index (χ3v) is 8.48. The molecule has 0 aliphatic rings. The lowest BCUT2D eigenvalue weighted by atomic mass is 10.1. The molecule has 0 aliphatic heterocycles. The van der Waals surface area contributed by atoms with Crippen LogP contribution in [0, 0.1) is 6.92 Å². The Hall–Kier alpha value is -4.51. The number of anilines is 1. The number of halogens is 2. The summed E-state index contributed by atoms with van der Waals surface area (Å²) in [5.74, 6) is -0.707. The summed E-state index contributed by atoms with van der Waals surface area (Å²) in [4.78, 5) is 38.3. The summed E-state index contributed by atoms with van der Waals surface area (Å²) in [5.41, 5.74) is 5.61. The lowest BCUT2D eigenvalue weighted by molar-refractivity contribution is 0.0733. The van der Waals surface area contributed by atoms with E-state index in [0.29, 0.717) is 39.8 Å². The highest BCUT2D eigenvalue weighted by Gasteiger charge is 2.21. The second-order valence-corrected chi connectivity index (χ2v) is 11.9. The van der Waals surface area contributed by atoms with E-state index < -0.39 is 11.9 Å². The Bertz CT molecular complexity index is 1890. The molecule has 0 saturated heterocycles. The predicted molar refractivity (Wildman–Crippen MR) is 178 cm³/mol. The van der Waals surface area contributed by atoms with Gasteiger partial charge in [-0.1, -0.05) is 51.3 Å². The van der Waals surface area contributed by atoms with Gasteiger partial charge in [0.15, 0.2) is 11.5 Å². The van der Waals surface area contributed by atoms with Crippen molar-refractivity contribution in [3.8, 4) is 11.5 Å². The second kappa shape index (κ2) is 13.9. The first-order valence-corrected chi connectivity index (χ1v) is 15.4. The van der Waals surface area contributed by atoms with Gasteiger partial charge in [0.25, 0.3) is 11.8 Å². The maximum atomic E-state index is 13.0. The van der Waals surface area contributed by atoms with Gasteiger partial charge < -0.3 is 14.8 Å². The molecule has 0 spiro atoms. The highest BCUT2D eigenvalue weighted by molar-refractivity contribution is 9.10. The van der Waals surface area contributed by atoms with E-state index in [1.54, 1.807) is 54.6 Å². The van der Waals surface area contributed by atoms with Crippen LogP contribution >= 0.6 is 38.9 Å². The summed E-state index contributed by atoms with van der Waals surface area (Å²) < 4.78 is 13.1. The molecule has 2 N–H and O–H groups in total. The van der Waals surface area contributed by atoms with Gasteiger partial charge in [-0.05, 0) is 86.1 Å². The summed E-state index contributed by atoms with van der Waals surface area (Å²) in [7, 11) is 0. The molecular weight excluding hydrogens is 666 g/mol. The van der Waals surface area contributed by atoms with Crippen molar-refractivity contribution >= 4 is 78.6 Å². The first-order chi connectivity index (χ1) is 21.2. The van der Waals surface area contributed by atoms with E-state index in [2.05, 4.69) is 31.8 Å². The van der Waals surface area contributed by atoms with Crippen molar-refractivity contribution in [2.45, 2.75) is 13.8 Å². The quantitative estimate of drug-likeness (QED) is 0.0701. The summed E-state index contributed by atoms with van der Waals surface area (Å²) >= 11 is 11.1. The van der Waals surface area contributed by atoms with Crippen molar-refractivity contribution in [3.63, 3.8) is 0 Å². The van der Waals surface area contributed by atoms with Crippen molar-refractivity contribution in [1.82, 2.24) is 5.43 Å². The summed E-state index contributed by atoms with van der Waals surface area (Å²) in [6.45, 7) is 4.10. The number of ether oxygens (including phenoxy) is 2. The molecule has 1 aromatic heterocycles. The number of carbonyl (C=O) groups is 3.